The molecule has 2 aromatic carbocycles. The molecule has 0 saturated heterocycles. The van der Waals surface area contributed by atoms with Gasteiger partial charge in [-0.3, -0.25) is 4.57 Å². The van der Waals surface area contributed by atoms with E-state index in [9.17, 15) is 0 Å². The third-order valence-electron chi connectivity index (χ3n) is 3.96. The number of aromatic nitrogens is 5. The molecule has 0 radical (unpaired) electrons. The molecule has 8 heteroatoms. The molecule has 0 unspecified atom stereocenters. The molecule has 0 atom stereocenters. The molecule has 0 aliphatic rings. The van der Waals surface area contributed by atoms with Crippen LogP contribution in [0.15, 0.2) is 76.9 Å². The predicted molar refractivity (Wildman–Crippen MR) is 110 cm³/mol. The minimum atomic E-state index is 0.496. The maximum Gasteiger partial charge on any atom is 0.237 e. The number of allylic oxidation sites excluding steroid dienone is 1. The van der Waals surface area contributed by atoms with Crippen LogP contribution in [-0.4, -0.2) is 24.9 Å². The van der Waals surface area contributed by atoms with E-state index in [1.165, 1.54) is 11.8 Å². The number of hydrogen-bond acceptors (Lipinski definition) is 6. The molecule has 2 heterocycles. The fraction of sp³-hybridized carbons (Fsp3) is 0.100. The van der Waals surface area contributed by atoms with Gasteiger partial charge < -0.3 is 4.52 Å². The molecule has 0 amide bonds. The van der Waals surface area contributed by atoms with Gasteiger partial charge in [-0.2, -0.15) is 4.98 Å². The van der Waals surface area contributed by atoms with Gasteiger partial charge in [0.05, 0.1) is 5.75 Å². The molecule has 2 aromatic heterocycles. The third kappa shape index (κ3) is 4.00. The van der Waals surface area contributed by atoms with Crippen molar-refractivity contribution in [2.24, 2.45) is 0 Å². The second kappa shape index (κ2) is 8.41. The zero-order chi connectivity index (χ0) is 19.3. The lowest BCUT2D eigenvalue weighted by molar-refractivity contribution is 0.391. The summed E-state index contributed by atoms with van der Waals surface area (Å²) in [6.07, 6.45) is 1.81. The van der Waals surface area contributed by atoms with E-state index < -0.39 is 0 Å². The van der Waals surface area contributed by atoms with Crippen LogP contribution in [0.1, 0.15) is 5.89 Å². The molecule has 0 spiro atoms. The van der Waals surface area contributed by atoms with Crippen molar-refractivity contribution in [1.82, 2.24) is 24.9 Å². The lowest BCUT2D eigenvalue weighted by atomic mass is 10.2. The summed E-state index contributed by atoms with van der Waals surface area (Å²) >= 11 is 7.47. The SMILES string of the molecule is C=CCn1c(SCc2nc(-c3ccccc3)no2)nnc1-c1ccc(Cl)cc1. The molecule has 0 aliphatic heterocycles. The Labute approximate surface area is 171 Å². The van der Waals surface area contributed by atoms with Crippen LogP contribution in [0.3, 0.4) is 0 Å². The number of benzene rings is 2. The van der Waals surface area contributed by atoms with Crippen LogP contribution in [-0.2, 0) is 12.3 Å². The van der Waals surface area contributed by atoms with Crippen molar-refractivity contribution >= 4 is 23.4 Å². The number of halogens is 1. The molecule has 0 N–H and O–H groups in total. The minimum absolute atomic E-state index is 0.496. The number of hydrogen-bond donors (Lipinski definition) is 0. The van der Waals surface area contributed by atoms with E-state index in [1.807, 2.05) is 65.2 Å². The molecule has 140 valence electrons. The fourth-order valence-electron chi connectivity index (χ4n) is 2.65. The Kier molecular flexibility index (Phi) is 5.55. The topological polar surface area (TPSA) is 69.6 Å². The van der Waals surface area contributed by atoms with Crippen LogP contribution in [0, 0.1) is 0 Å². The first kappa shape index (κ1) is 18.5. The number of nitrogens with zero attached hydrogens (tertiary/aromatic N) is 5. The van der Waals surface area contributed by atoms with Crippen molar-refractivity contribution < 1.29 is 4.52 Å². The van der Waals surface area contributed by atoms with E-state index in [0.717, 1.165) is 22.1 Å². The molecule has 4 rings (SSSR count). The predicted octanol–water partition coefficient (Wildman–Crippen LogP) is 5.13. The molecule has 0 bridgehead atoms. The van der Waals surface area contributed by atoms with E-state index in [1.54, 1.807) is 0 Å². The molecule has 6 nitrogen and oxygen atoms in total. The monoisotopic (exact) mass is 409 g/mol. The molecule has 0 fully saturated rings. The van der Waals surface area contributed by atoms with Gasteiger partial charge in [-0.25, -0.2) is 0 Å². The van der Waals surface area contributed by atoms with E-state index in [0.29, 0.717) is 29.0 Å². The fourth-order valence-corrected chi connectivity index (χ4v) is 3.56. The Morgan fingerprint density at radius 1 is 1.04 bits per heavy atom. The van der Waals surface area contributed by atoms with Crippen LogP contribution >= 0.6 is 23.4 Å². The summed E-state index contributed by atoms with van der Waals surface area (Å²) in [4.78, 5) is 4.46. The Balaban J connectivity index is 1.53. The molecule has 0 saturated carbocycles. The highest BCUT2D eigenvalue weighted by Gasteiger charge is 2.15. The summed E-state index contributed by atoms with van der Waals surface area (Å²) in [6.45, 7) is 4.42. The lowest BCUT2D eigenvalue weighted by Gasteiger charge is -2.07. The van der Waals surface area contributed by atoms with Gasteiger partial charge in [0.25, 0.3) is 0 Å². The van der Waals surface area contributed by atoms with Gasteiger partial charge >= 0.3 is 0 Å². The molecular weight excluding hydrogens is 394 g/mol. The van der Waals surface area contributed by atoms with Crippen LogP contribution in [0.25, 0.3) is 22.8 Å². The van der Waals surface area contributed by atoms with Gasteiger partial charge in [0.1, 0.15) is 0 Å². The quantitative estimate of drug-likeness (QED) is 0.311. The van der Waals surface area contributed by atoms with E-state index in [2.05, 4.69) is 26.9 Å². The first-order valence-electron chi connectivity index (χ1n) is 8.55. The second-order valence-corrected chi connectivity index (χ2v) is 7.26. The van der Waals surface area contributed by atoms with Crippen molar-refractivity contribution in [1.29, 1.82) is 0 Å². The van der Waals surface area contributed by atoms with Gasteiger partial charge in [-0.05, 0) is 24.3 Å². The standard InChI is InChI=1S/C20H16ClN5OS/c1-2-12-26-19(15-8-10-16(21)11-9-15)23-24-20(26)28-13-17-22-18(25-27-17)14-6-4-3-5-7-14/h2-11H,1,12-13H2. The van der Waals surface area contributed by atoms with Crippen molar-refractivity contribution in [3.63, 3.8) is 0 Å². The normalized spacial score (nSPS) is 10.9. The zero-order valence-corrected chi connectivity index (χ0v) is 16.4. The third-order valence-corrected chi connectivity index (χ3v) is 5.16. The van der Waals surface area contributed by atoms with Gasteiger partial charge in [-0.1, -0.05) is 64.9 Å². The summed E-state index contributed by atoms with van der Waals surface area (Å²) in [5.41, 5.74) is 1.86. The smallest absolute Gasteiger partial charge is 0.237 e. The highest BCUT2D eigenvalue weighted by atomic mass is 35.5. The summed E-state index contributed by atoms with van der Waals surface area (Å²) in [6, 6.07) is 17.2. The minimum Gasteiger partial charge on any atom is -0.338 e. The molecular formula is C20H16ClN5OS. The first-order valence-corrected chi connectivity index (χ1v) is 9.92. The van der Waals surface area contributed by atoms with Gasteiger partial charge in [0, 0.05) is 22.7 Å². The Morgan fingerprint density at radius 2 is 1.82 bits per heavy atom. The maximum absolute atomic E-state index is 5.98. The van der Waals surface area contributed by atoms with E-state index >= 15 is 0 Å². The number of rotatable bonds is 7. The van der Waals surface area contributed by atoms with E-state index in [-0.39, 0.29) is 0 Å². The van der Waals surface area contributed by atoms with Crippen molar-refractivity contribution in [3.8, 4) is 22.8 Å². The molecule has 28 heavy (non-hydrogen) atoms. The van der Waals surface area contributed by atoms with Crippen molar-refractivity contribution in [3.05, 3.63) is 78.2 Å². The van der Waals surface area contributed by atoms with Gasteiger partial charge in [0.15, 0.2) is 11.0 Å². The summed E-state index contributed by atoms with van der Waals surface area (Å²) in [5, 5.41) is 14.1. The van der Waals surface area contributed by atoms with E-state index in [4.69, 9.17) is 16.1 Å². The first-order chi connectivity index (χ1) is 13.7. The van der Waals surface area contributed by atoms with Gasteiger partial charge in [0.2, 0.25) is 11.7 Å². The van der Waals surface area contributed by atoms with Crippen LogP contribution in [0.2, 0.25) is 5.02 Å². The van der Waals surface area contributed by atoms with Crippen molar-refractivity contribution in [2.75, 3.05) is 0 Å². The Morgan fingerprint density at radius 3 is 2.57 bits per heavy atom. The Bertz CT molecular complexity index is 1080. The second-order valence-electron chi connectivity index (χ2n) is 5.88. The average Bonchev–Trinajstić information content (AvgIpc) is 3.35. The summed E-state index contributed by atoms with van der Waals surface area (Å²) < 4.78 is 7.37. The van der Waals surface area contributed by atoms with Crippen molar-refractivity contribution in [2.45, 2.75) is 17.5 Å². The van der Waals surface area contributed by atoms with Crippen LogP contribution in [0.4, 0.5) is 0 Å². The lowest BCUT2D eigenvalue weighted by Crippen LogP contribution is -2.00. The average molecular weight is 410 g/mol. The van der Waals surface area contributed by atoms with Gasteiger partial charge in [-0.15, -0.1) is 16.8 Å². The van der Waals surface area contributed by atoms with Crippen LogP contribution in [0.5, 0.6) is 0 Å². The molecule has 0 aliphatic carbocycles. The highest BCUT2D eigenvalue weighted by molar-refractivity contribution is 7.98. The summed E-state index contributed by atoms with van der Waals surface area (Å²) in [5.74, 6) is 2.36. The molecule has 4 aromatic rings. The highest BCUT2D eigenvalue weighted by Crippen LogP contribution is 2.27. The maximum atomic E-state index is 5.98. The zero-order valence-electron chi connectivity index (χ0n) is 14.8. The number of thioether (sulfide) groups is 1. The Hall–Kier alpha value is -2.90. The largest absolute Gasteiger partial charge is 0.338 e. The van der Waals surface area contributed by atoms with Crippen LogP contribution < -0.4 is 0 Å². The summed E-state index contributed by atoms with van der Waals surface area (Å²) in [7, 11) is 0.